The van der Waals surface area contributed by atoms with Gasteiger partial charge in [-0.05, 0) is 47.7 Å². The summed E-state index contributed by atoms with van der Waals surface area (Å²) < 4.78 is 0. The van der Waals surface area contributed by atoms with Crippen molar-refractivity contribution in [1.82, 2.24) is 19.9 Å². The molecule has 174 valence electrons. The highest BCUT2D eigenvalue weighted by Gasteiger charge is 2.16. The van der Waals surface area contributed by atoms with Crippen molar-refractivity contribution in [3.63, 3.8) is 0 Å². The molecule has 0 amide bonds. The van der Waals surface area contributed by atoms with E-state index in [1.807, 2.05) is 30.3 Å². The van der Waals surface area contributed by atoms with E-state index in [9.17, 15) is 0 Å². The van der Waals surface area contributed by atoms with Gasteiger partial charge in [-0.15, -0.1) is 0 Å². The van der Waals surface area contributed by atoms with Gasteiger partial charge in [0.15, 0.2) is 0 Å². The minimum Gasteiger partial charge on any atom is -0.383 e. The molecule has 0 saturated heterocycles. The molecule has 5 aromatic rings. The van der Waals surface area contributed by atoms with Crippen molar-refractivity contribution < 1.29 is 0 Å². The predicted octanol–water partition coefficient (Wildman–Crippen LogP) is 6.69. The first-order valence-corrected chi connectivity index (χ1v) is 11.6. The lowest BCUT2D eigenvalue weighted by molar-refractivity contribution is 0.590. The van der Waals surface area contributed by atoms with Crippen LogP contribution in [-0.4, -0.2) is 19.9 Å². The number of hydrogen-bond donors (Lipinski definition) is 2. The van der Waals surface area contributed by atoms with E-state index in [0.29, 0.717) is 11.6 Å². The summed E-state index contributed by atoms with van der Waals surface area (Å²) in [5, 5.41) is 5.45. The quantitative estimate of drug-likeness (QED) is 0.311. The number of benzene rings is 2. The smallest absolute Gasteiger partial charge is 0.139 e. The third kappa shape index (κ3) is 4.43. The van der Waals surface area contributed by atoms with Crippen molar-refractivity contribution in [2.75, 3.05) is 11.1 Å². The third-order valence-electron chi connectivity index (χ3n) is 6.21. The Morgan fingerprint density at radius 3 is 2.34 bits per heavy atom. The van der Waals surface area contributed by atoms with Crippen LogP contribution in [0, 0.1) is 6.92 Å². The van der Waals surface area contributed by atoms with Crippen LogP contribution < -0.4 is 11.1 Å². The second-order valence-electron chi connectivity index (χ2n) is 9.69. The number of aromatic nitrogens is 4. The molecule has 3 N–H and O–H groups in total. The SMILES string of the molecule is Cc1ccc2c(N)nc(-c3ccc(C(C)(C)C)cc3)cc2c1Nc1ncccc1-c1ccncn1. The summed E-state index contributed by atoms with van der Waals surface area (Å²) in [6.07, 6.45) is 5.04. The Bertz CT molecular complexity index is 1500. The maximum atomic E-state index is 6.46. The number of anilines is 3. The van der Waals surface area contributed by atoms with Crippen LogP contribution in [0.25, 0.3) is 33.3 Å². The summed E-state index contributed by atoms with van der Waals surface area (Å²) in [6, 6.07) is 20.5. The molecular weight excluding hydrogens is 432 g/mol. The van der Waals surface area contributed by atoms with Gasteiger partial charge < -0.3 is 11.1 Å². The zero-order valence-electron chi connectivity index (χ0n) is 20.4. The summed E-state index contributed by atoms with van der Waals surface area (Å²) in [7, 11) is 0. The van der Waals surface area contributed by atoms with E-state index < -0.39 is 0 Å². The number of nitrogens with two attached hydrogens (primary N) is 1. The maximum absolute atomic E-state index is 6.46. The average Bonchev–Trinajstić information content (AvgIpc) is 2.86. The van der Waals surface area contributed by atoms with Crippen LogP contribution in [0.5, 0.6) is 0 Å². The molecule has 0 radical (unpaired) electrons. The molecule has 0 fully saturated rings. The van der Waals surface area contributed by atoms with Gasteiger partial charge in [-0.3, -0.25) is 0 Å². The fourth-order valence-electron chi connectivity index (χ4n) is 4.20. The predicted molar refractivity (Wildman–Crippen MR) is 144 cm³/mol. The molecule has 0 aliphatic heterocycles. The normalized spacial score (nSPS) is 11.5. The summed E-state index contributed by atoms with van der Waals surface area (Å²) in [6.45, 7) is 8.70. The minimum absolute atomic E-state index is 0.0899. The largest absolute Gasteiger partial charge is 0.383 e. The Morgan fingerprint density at radius 1 is 0.829 bits per heavy atom. The van der Waals surface area contributed by atoms with Crippen molar-refractivity contribution >= 4 is 28.1 Å². The molecule has 35 heavy (non-hydrogen) atoms. The van der Waals surface area contributed by atoms with Crippen molar-refractivity contribution in [2.45, 2.75) is 33.1 Å². The molecule has 0 bridgehead atoms. The Hall–Kier alpha value is -4.32. The number of rotatable bonds is 4. The lowest BCUT2D eigenvalue weighted by Crippen LogP contribution is -2.10. The highest BCUT2D eigenvalue weighted by atomic mass is 15.0. The molecule has 3 heterocycles. The van der Waals surface area contributed by atoms with Crippen LogP contribution in [0.2, 0.25) is 0 Å². The van der Waals surface area contributed by atoms with E-state index in [0.717, 1.165) is 44.5 Å². The molecule has 0 atom stereocenters. The van der Waals surface area contributed by atoms with Crippen LogP contribution in [0.15, 0.2) is 79.4 Å². The molecule has 0 spiro atoms. The van der Waals surface area contributed by atoms with E-state index in [-0.39, 0.29) is 5.41 Å². The van der Waals surface area contributed by atoms with Crippen LogP contribution in [0.4, 0.5) is 17.3 Å². The Morgan fingerprint density at radius 2 is 1.63 bits per heavy atom. The number of nitrogen functional groups attached to an aromatic ring is 1. The first kappa shape index (κ1) is 22.5. The fourth-order valence-corrected chi connectivity index (χ4v) is 4.20. The van der Waals surface area contributed by atoms with E-state index in [1.165, 1.54) is 5.56 Å². The number of hydrogen-bond acceptors (Lipinski definition) is 6. The number of fused-ring (bicyclic) bond motifs is 1. The molecule has 3 aromatic heterocycles. The standard InChI is InChI=1S/C29H28N6/c1-18-7-12-21-23(16-25(34-27(21)30)19-8-10-20(11-9-19)29(2,3)4)26(18)35-28-22(6-5-14-32-28)24-13-15-31-17-33-24/h5-17H,1-4H3,(H2,30,34)(H,32,35). The number of aryl methyl sites for hydroxylation is 1. The fraction of sp³-hybridized carbons (Fsp3) is 0.172. The van der Waals surface area contributed by atoms with Gasteiger partial charge in [0, 0.05) is 34.3 Å². The zero-order valence-corrected chi connectivity index (χ0v) is 20.4. The van der Waals surface area contributed by atoms with Crippen molar-refractivity contribution in [3.05, 3.63) is 90.5 Å². The van der Waals surface area contributed by atoms with E-state index in [1.54, 1.807) is 18.7 Å². The first-order chi connectivity index (χ1) is 16.8. The van der Waals surface area contributed by atoms with E-state index in [2.05, 4.69) is 78.3 Å². The van der Waals surface area contributed by atoms with Gasteiger partial charge in [-0.2, -0.15) is 0 Å². The summed E-state index contributed by atoms with van der Waals surface area (Å²) >= 11 is 0. The average molecular weight is 461 g/mol. The van der Waals surface area contributed by atoms with Crippen molar-refractivity contribution in [1.29, 1.82) is 0 Å². The van der Waals surface area contributed by atoms with Crippen LogP contribution >= 0.6 is 0 Å². The summed E-state index contributed by atoms with van der Waals surface area (Å²) in [5.41, 5.74) is 13.4. The van der Waals surface area contributed by atoms with Gasteiger partial charge in [0.05, 0.1) is 17.1 Å². The number of nitrogens with zero attached hydrogens (tertiary/aromatic N) is 4. The van der Waals surface area contributed by atoms with E-state index >= 15 is 0 Å². The summed E-state index contributed by atoms with van der Waals surface area (Å²) in [5.74, 6) is 1.21. The summed E-state index contributed by atoms with van der Waals surface area (Å²) in [4.78, 5) is 17.8. The van der Waals surface area contributed by atoms with Gasteiger partial charge in [-0.1, -0.05) is 57.2 Å². The van der Waals surface area contributed by atoms with Gasteiger partial charge >= 0.3 is 0 Å². The number of nitrogens with one attached hydrogen (secondary N) is 1. The monoisotopic (exact) mass is 460 g/mol. The van der Waals surface area contributed by atoms with Gasteiger partial charge in [-0.25, -0.2) is 19.9 Å². The third-order valence-corrected chi connectivity index (χ3v) is 6.21. The number of pyridine rings is 2. The zero-order chi connectivity index (χ0) is 24.6. The highest BCUT2D eigenvalue weighted by molar-refractivity contribution is 6.04. The Labute approximate surface area is 205 Å². The van der Waals surface area contributed by atoms with Gasteiger partial charge in [0.25, 0.3) is 0 Å². The van der Waals surface area contributed by atoms with Crippen LogP contribution in [0.1, 0.15) is 31.9 Å². The first-order valence-electron chi connectivity index (χ1n) is 11.6. The molecule has 0 aliphatic rings. The second kappa shape index (κ2) is 8.80. The lowest BCUT2D eigenvalue weighted by Gasteiger charge is -2.19. The van der Waals surface area contributed by atoms with Crippen LogP contribution in [-0.2, 0) is 5.41 Å². The lowest BCUT2D eigenvalue weighted by atomic mass is 9.86. The second-order valence-corrected chi connectivity index (χ2v) is 9.69. The van der Waals surface area contributed by atoms with E-state index in [4.69, 9.17) is 10.7 Å². The molecule has 0 unspecified atom stereocenters. The molecular formula is C29H28N6. The van der Waals surface area contributed by atoms with Crippen molar-refractivity contribution in [2.24, 2.45) is 0 Å². The Kier molecular flexibility index (Phi) is 5.65. The Balaban J connectivity index is 1.63. The van der Waals surface area contributed by atoms with Gasteiger partial charge in [0.2, 0.25) is 0 Å². The maximum Gasteiger partial charge on any atom is 0.139 e. The topological polar surface area (TPSA) is 89.6 Å². The van der Waals surface area contributed by atoms with Crippen LogP contribution in [0.3, 0.4) is 0 Å². The van der Waals surface area contributed by atoms with Gasteiger partial charge in [0.1, 0.15) is 18.0 Å². The molecule has 5 rings (SSSR count). The molecule has 0 saturated carbocycles. The molecule has 6 nitrogen and oxygen atoms in total. The van der Waals surface area contributed by atoms with Crippen molar-refractivity contribution in [3.8, 4) is 22.5 Å². The molecule has 2 aromatic carbocycles. The highest BCUT2D eigenvalue weighted by Crippen LogP contribution is 2.37. The molecule has 0 aliphatic carbocycles. The minimum atomic E-state index is 0.0899. The molecule has 6 heteroatoms.